The predicted molar refractivity (Wildman–Crippen MR) is 156 cm³/mol. The number of pyridine rings is 2. The van der Waals surface area contributed by atoms with Crippen LogP contribution in [0.25, 0.3) is 21.8 Å². The van der Waals surface area contributed by atoms with E-state index in [4.69, 9.17) is 26.2 Å². The molecule has 0 radical (unpaired) electrons. The van der Waals surface area contributed by atoms with Gasteiger partial charge in [0.2, 0.25) is 0 Å². The summed E-state index contributed by atoms with van der Waals surface area (Å²) in [5.41, 5.74) is 2.04. The van der Waals surface area contributed by atoms with E-state index in [0.717, 1.165) is 48.2 Å². The molecule has 0 aliphatic rings. The Bertz CT molecular complexity index is 1220. The number of rotatable bonds is 10. The van der Waals surface area contributed by atoms with Gasteiger partial charge in [0.05, 0.1) is 28.8 Å². The van der Waals surface area contributed by atoms with Crippen LogP contribution < -0.4 is 0 Å². The second kappa shape index (κ2) is 14.7. The zero-order valence-corrected chi connectivity index (χ0v) is 25.9. The summed E-state index contributed by atoms with van der Waals surface area (Å²) in [5.74, 6) is 0. The highest BCUT2D eigenvalue weighted by Gasteiger charge is 2.13. The van der Waals surface area contributed by atoms with Gasteiger partial charge < -0.3 is 14.6 Å². The summed E-state index contributed by atoms with van der Waals surface area (Å²) in [7, 11) is -1.03. The van der Waals surface area contributed by atoms with Crippen LogP contribution in [0.5, 0.6) is 0 Å². The molecule has 0 amide bonds. The van der Waals surface area contributed by atoms with E-state index in [1.807, 2.05) is 33.9 Å². The molecule has 0 aliphatic carbocycles. The molecule has 4 aromatic rings. The summed E-state index contributed by atoms with van der Waals surface area (Å²) in [6, 6.07) is 6.21. The molecule has 0 bridgehead atoms. The number of aromatic nitrogens is 6. The van der Waals surface area contributed by atoms with Gasteiger partial charge in [0.1, 0.15) is 18.6 Å². The molecule has 0 atom stereocenters. The fourth-order valence-corrected chi connectivity index (χ4v) is 4.88. The molecular formula is C25H41ClN6O3Si2. The van der Waals surface area contributed by atoms with Crippen LogP contribution in [0, 0.1) is 0 Å². The van der Waals surface area contributed by atoms with Crippen molar-refractivity contribution in [3.05, 3.63) is 48.3 Å². The van der Waals surface area contributed by atoms with Gasteiger partial charge >= 0.3 is 0 Å². The molecule has 1 N–H and O–H groups in total. The van der Waals surface area contributed by atoms with E-state index in [2.05, 4.69) is 59.4 Å². The Labute approximate surface area is 226 Å². The van der Waals surface area contributed by atoms with E-state index in [9.17, 15) is 0 Å². The number of ether oxygens (including phenoxy) is 2. The van der Waals surface area contributed by atoms with E-state index in [1.54, 1.807) is 18.6 Å². The zero-order chi connectivity index (χ0) is 27.5. The van der Waals surface area contributed by atoms with E-state index < -0.39 is 16.1 Å². The molecule has 0 unspecified atom stereocenters. The number of aliphatic hydroxyl groups is 1. The highest BCUT2D eigenvalue weighted by Crippen LogP contribution is 2.20. The highest BCUT2D eigenvalue weighted by molar-refractivity contribution is 6.76. The van der Waals surface area contributed by atoms with Crippen molar-refractivity contribution in [2.45, 2.75) is 64.8 Å². The van der Waals surface area contributed by atoms with Crippen LogP contribution >= 0.6 is 11.6 Å². The summed E-state index contributed by atoms with van der Waals surface area (Å²) in [6.07, 6.45) is 8.84. The van der Waals surface area contributed by atoms with Gasteiger partial charge in [0.25, 0.3) is 0 Å². The minimum atomic E-state index is -1.03. The molecule has 4 rings (SSSR count). The fourth-order valence-electron chi connectivity index (χ4n) is 3.16. The maximum Gasteiger partial charge on any atom is 0.139 e. The van der Waals surface area contributed by atoms with Crippen LogP contribution in [-0.4, -0.2) is 71.1 Å². The third kappa shape index (κ3) is 10.6. The maximum atomic E-state index is 7.00. The van der Waals surface area contributed by atoms with Gasteiger partial charge in [-0.1, -0.05) is 50.9 Å². The standard InChI is InChI=1S/C12H18ClN3OSi.C12H19N3OSi.CH4O/c1-18(2,3)7-6-17-9-16-11-4-5-14-12(13)10(11)8-15-16;1-17(2,3)7-6-16-10-15-12-4-5-13-8-11(12)9-14-15;1-2/h4-5,8H,6-7,9H2,1-3H3;4-5,8-9H,6-7,10H2,1-3H3;2H,1H3. The first-order chi connectivity index (χ1) is 17.5. The lowest BCUT2D eigenvalue weighted by molar-refractivity contribution is 0.0816. The van der Waals surface area contributed by atoms with Crippen molar-refractivity contribution in [1.82, 2.24) is 29.5 Å². The predicted octanol–water partition coefficient (Wildman–Crippen LogP) is 5.75. The average molecular weight is 565 g/mol. The summed E-state index contributed by atoms with van der Waals surface area (Å²) in [5, 5.41) is 18.0. The Morgan fingerprint density at radius 3 is 1.92 bits per heavy atom. The molecule has 0 aromatic carbocycles. The molecular weight excluding hydrogens is 524 g/mol. The highest BCUT2D eigenvalue weighted by atomic mass is 35.5. The number of fused-ring (bicyclic) bond motifs is 2. The minimum absolute atomic E-state index is 0.467. The average Bonchev–Trinajstić information content (AvgIpc) is 3.45. The monoisotopic (exact) mass is 564 g/mol. The van der Waals surface area contributed by atoms with Crippen LogP contribution in [0.15, 0.2) is 43.1 Å². The number of hydrogen-bond acceptors (Lipinski definition) is 7. The van der Waals surface area contributed by atoms with Crippen LogP contribution in [-0.2, 0) is 22.9 Å². The van der Waals surface area contributed by atoms with Gasteiger partial charge in [-0.15, -0.1) is 0 Å². The lowest BCUT2D eigenvalue weighted by atomic mass is 10.3. The molecule has 204 valence electrons. The zero-order valence-electron chi connectivity index (χ0n) is 23.1. The molecule has 0 saturated heterocycles. The Hall–Kier alpha value is -2.16. The normalized spacial score (nSPS) is 11.7. The summed E-state index contributed by atoms with van der Waals surface area (Å²) in [4.78, 5) is 8.09. The van der Waals surface area contributed by atoms with E-state index in [0.29, 0.717) is 18.6 Å². The van der Waals surface area contributed by atoms with Gasteiger partial charge in [0.15, 0.2) is 0 Å². The number of aliphatic hydroxyl groups excluding tert-OH is 1. The van der Waals surface area contributed by atoms with Crippen LogP contribution in [0.3, 0.4) is 0 Å². The van der Waals surface area contributed by atoms with E-state index in [-0.39, 0.29) is 0 Å². The quantitative estimate of drug-likeness (QED) is 0.149. The molecule has 4 heterocycles. The Balaban J connectivity index is 0.000000244. The first-order valence-electron chi connectivity index (χ1n) is 12.4. The van der Waals surface area contributed by atoms with Gasteiger partial charge in [0, 0.05) is 60.4 Å². The Morgan fingerprint density at radius 1 is 0.784 bits per heavy atom. The van der Waals surface area contributed by atoms with Gasteiger partial charge in [-0.2, -0.15) is 10.2 Å². The lowest BCUT2D eigenvalue weighted by Gasteiger charge is -2.15. The van der Waals surface area contributed by atoms with Crippen molar-refractivity contribution in [1.29, 1.82) is 0 Å². The lowest BCUT2D eigenvalue weighted by Crippen LogP contribution is -2.22. The smallest absolute Gasteiger partial charge is 0.139 e. The molecule has 4 aromatic heterocycles. The second-order valence-electron chi connectivity index (χ2n) is 11.0. The molecule has 9 nitrogen and oxygen atoms in total. The van der Waals surface area contributed by atoms with Crippen molar-refractivity contribution < 1.29 is 14.6 Å². The Morgan fingerprint density at radius 2 is 1.32 bits per heavy atom. The first-order valence-corrected chi connectivity index (χ1v) is 20.1. The molecule has 12 heteroatoms. The van der Waals surface area contributed by atoms with Crippen molar-refractivity contribution >= 4 is 49.6 Å². The van der Waals surface area contributed by atoms with Crippen molar-refractivity contribution in [2.24, 2.45) is 0 Å². The number of hydrogen-bond donors (Lipinski definition) is 1. The second-order valence-corrected chi connectivity index (χ2v) is 22.6. The molecule has 0 saturated carbocycles. The molecule has 37 heavy (non-hydrogen) atoms. The first kappa shape index (κ1) is 31.1. The van der Waals surface area contributed by atoms with E-state index in [1.165, 1.54) is 6.04 Å². The van der Waals surface area contributed by atoms with Crippen LogP contribution in [0.2, 0.25) is 56.5 Å². The largest absolute Gasteiger partial charge is 0.400 e. The van der Waals surface area contributed by atoms with Gasteiger partial charge in [-0.05, 0) is 24.2 Å². The number of nitrogens with zero attached hydrogens (tertiary/aromatic N) is 6. The molecule has 0 fully saturated rings. The van der Waals surface area contributed by atoms with Gasteiger partial charge in [-0.25, -0.2) is 14.3 Å². The Kier molecular flexibility index (Phi) is 12.3. The van der Waals surface area contributed by atoms with Crippen molar-refractivity contribution in [3.63, 3.8) is 0 Å². The van der Waals surface area contributed by atoms with Crippen molar-refractivity contribution in [2.75, 3.05) is 20.3 Å². The number of halogens is 1. The van der Waals surface area contributed by atoms with Crippen molar-refractivity contribution in [3.8, 4) is 0 Å². The third-order valence-electron chi connectivity index (χ3n) is 5.38. The minimum Gasteiger partial charge on any atom is -0.400 e. The van der Waals surface area contributed by atoms with E-state index >= 15 is 0 Å². The molecule has 0 spiro atoms. The summed E-state index contributed by atoms with van der Waals surface area (Å²) < 4.78 is 15.0. The molecule has 0 aliphatic heterocycles. The van der Waals surface area contributed by atoms with Crippen LogP contribution in [0.1, 0.15) is 0 Å². The van der Waals surface area contributed by atoms with Gasteiger partial charge in [-0.3, -0.25) is 4.98 Å². The SMILES string of the molecule is CO.C[Si](C)(C)CCOCn1ncc2c(Cl)nccc21.C[Si](C)(C)CCOCn1ncc2cnccc21. The maximum absolute atomic E-state index is 7.00. The summed E-state index contributed by atoms with van der Waals surface area (Å²) in [6.45, 7) is 16.7. The third-order valence-corrected chi connectivity index (χ3v) is 9.09. The summed E-state index contributed by atoms with van der Waals surface area (Å²) >= 11 is 5.99. The fraction of sp³-hybridized carbons (Fsp3) is 0.520. The van der Waals surface area contributed by atoms with Crippen LogP contribution in [0.4, 0.5) is 0 Å². The topological polar surface area (TPSA) is 100 Å².